The van der Waals surface area contributed by atoms with E-state index in [9.17, 15) is 14.4 Å². The number of tetrazole rings is 1. The number of amides is 2. The number of carbonyl (C=O) groups excluding carboxylic acids is 3. The molecule has 3 heterocycles. The maximum absolute atomic E-state index is 15.3. The minimum absolute atomic E-state index is 0.0124. The van der Waals surface area contributed by atoms with Crippen molar-refractivity contribution in [3.63, 3.8) is 0 Å². The van der Waals surface area contributed by atoms with E-state index in [1.54, 1.807) is 51.1 Å². The summed E-state index contributed by atoms with van der Waals surface area (Å²) in [7, 11) is 4.15. The molecule has 0 saturated carbocycles. The second kappa shape index (κ2) is 14.6. The molecule has 4 aromatic rings. The van der Waals surface area contributed by atoms with Crippen LogP contribution in [0, 0.1) is 5.82 Å². The zero-order valence-electron chi connectivity index (χ0n) is 29.1. The molecule has 2 amide bonds. The third-order valence-corrected chi connectivity index (χ3v) is 9.34. The minimum Gasteiger partial charge on any atom is -0.456 e. The number of nitrogens with zero attached hydrogens (tertiary/aromatic N) is 7. The average Bonchev–Trinajstić information content (AvgIpc) is 3.81. The summed E-state index contributed by atoms with van der Waals surface area (Å²) in [5.74, 6) is -2.15. The molecule has 14 heteroatoms. The number of hydrogen-bond donors (Lipinski definition) is 1. The number of halogens is 2. The number of rotatable bonds is 8. The molecule has 1 fully saturated rings. The highest BCUT2D eigenvalue weighted by Crippen LogP contribution is 2.38. The Morgan fingerprint density at radius 1 is 1.04 bits per heavy atom. The zero-order chi connectivity index (χ0) is 36.4. The maximum Gasteiger partial charge on any atom is 0.338 e. The van der Waals surface area contributed by atoms with Crippen LogP contribution < -0.4 is 10.2 Å². The van der Waals surface area contributed by atoms with Crippen LogP contribution in [0.4, 0.5) is 15.8 Å². The summed E-state index contributed by atoms with van der Waals surface area (Å²) in [5, 5.41) is 13.9. The van der Waals surface area contributed by atoms with E-state index in [-0.39, 0.29) is 22.8 Å². The van der Waals surface area contributed by atoms with Gasteiger partial charge in [0.25, 0.3) is 5.91 Å². The summed E-state index contributed by atoms with van der Waals surface area (Å²) in [6, 6.07) is 14.6. The van der Waals surface area contributed by atoms with Gasteiger partial charge in [0.05, 0.1) is 16.3 Å². The molecule has 1 aromatic heterocycles. The first-order valence-electron chi connectivity index (χ1n) is 16.7. The number of esters is 1. The highest BCUT2D eigenvalue weighted by atomic mass is 35.5. The smallest absolute Gasteiger partial charge is 0.338 e. The maximum atomic E-state index is 15.3. The van der Waals surface area contributed by atoms with Gasteiger partial charge < -0.3 is 24.8 Å². The molecule has 0 spiro atoms. The van der Waals surface area contributed by atoms with E-state index in [0.717, 1.165) is 30.8 Å². The van der Waals surface area contributed by atoms with E-state index in [1.807, 2.05) is 12.1 Å². The monoisotopic (exact) mass is 714 g/mol. The number of benzene rings is 3. The van der Waals surface area contributed by atoms with E-state index in [4.69, 9.17) is 16.3 Å². The average molecular weight is 715 g/mol. The lowest BCUT2D eigenvalue weighted by Gasteiger charge is -2.38. The Morgan fingerprint density at radius 3 is 2.47 bits per heavy atom. The van der Waals surface area contributed by atoms with Crippen LogP contribution in [0.15, 0.2) is 67.0 Å². The molecule has 1 N–H and O–H groups in total. The summed E-state index contributed by atoms with van der Waals surface area (Å²) in [4.78, 5) is 46.9. The number of aromatic nitrogens is 4. The van der Waals surface area contributed by atoms with Crippen molar-refractivity contribution in [2.75, 3.05) is 43.9 Å². The summed E-state index contributed by atoms with van der Waals surface area (Å²) in [6.07, 6.45) is 5.40. The van der Waals surface area contributed by atoms with Crippen molar-refractivity contribution >= 4 is 46.8 Å². The second-order valence-corrected chi connectivity index (χ2v) is 14.2. The van der Waals surface area contributed by atoms with Crippen molar-refractivity contribution in [2.45, 2.75) is 51.3 Å². The molecule has 2 atom stereocenters. The highest BCUT2D eigenvalue weighted by Gasteiger charge is 2.38. The van der Waals surface area contributed by atoms with Crippen LogP contribution in [0.2, 0.25) is 5.02 Å². The molecule has 2 unspecified atom stereocenters. The standard InChI is InChI=1S/C37H40ClFN8O4/c1-37(2,3)51-36(50)23-9-11-24(12-10-23)41-35(49)34-27-7-6-8-30(45-19-17-25(21-45)44(4)5)26(27)18-20-46(34)32(48)16-13-28-31(47-22-40-42-43-47)15-14-29(38)33(28)39/h6-16,22,25,34H,17-21H2,1-5H3,(H,41,49). The van der Waals surface area contributed by atoms with E-state index in [1.165, 1.54) is 34.1 Å². The third-order valence-electron chi connectivity index (χ3n) is 9.05. The summed E-state index contributed by atoms with van der Waals surface area (Å²) < 4.78 is 22.1. The summed E-state index contributed by atoms with van der Waals surface area (Å²) in [6.45, 7) is 7.34. The predicted molar refractivity (Wildman–Crippen MR) is 192 cm³/mol. The fourth-order valence-electron chi connectivity index (χ4n) is 6.52. The third kappa shape index (κ3) is 7.79. The fraction of sp³-hybridized carbons (Fsp3) is 0.351. The Hall–Kier alpha value is -5.14. The normalized spacial score (nSPS) is 17.6. The van der Waals surface area contributed by atoms with E-state index in [0.29, 0.717) is 29.3 Å². The number of carbonyl (C=O) groups is 3. The van der Waals surface area contributed by atoms with Crippen molar-refractivity contribution < 1.29 is 23.5 Å². The molecular weight excluding hydrogens is 675 g/mol. The van der Waals surface area contributed by atoms with Gasteiger partial charge >= 0.3 is 5.97 Å². The van der Waals surface area contributed by atoms with Gasteiger partial charge in [-0.1, -0.05) is 23.7 Å². The molecule has 6 rings (SSSR count). The van der Waals surface area contributed by atoms with Crippen LogP contribution in [-0.4, -0.2) is 93.2 Å². The van der Waals surface area contributed by atoms with Crippen LogP contribution >= 0.6 is 11.6 Å². The number of fused-ring (bicyclic) bond motifs is 1. The van der Waals surface area contributed by atoms with Crippen molar-refractivity contribution in [3.8, 4) is 5.69 Å². The highest BCUT2D eigenvalue weighted by molar-refractivity contribution is 6.31. The first kappa shape index (κ1) is 35.7. The molecule has 0 bridgehead atoms. The van der Waals surface area contributed by atoms with Crippen molar-refractivity contribution in [2.24, 2.45) is 0 Å². The molecule has 1 saturated heterocycles. The van der Waals surface area contributed by atoms with Gasteiger partial charge in [0.15, 0.2) is 5.82 Å². The summed E-state index contributed by atoms with van der Waals surface area (Å²) >= 11 is 6.11. The van der Waals surface area contributed by atoms with Crippen LogP contribution in [0.5, 0.6) is 0 Å². The zero-order valence-corrected chi connectivity index (χ0v) is 29.9. The van der Waals surface area contributed by atoms with Crippen LogP contribution in [-0.2, 0) is 20.7 Å². The van der Waals surface area contributed by atoms with Crippen molar-refractivity contribution in [1.29, 1.82) is 0 Å². The van der Waals surface area contributed by atoms with Gasteiger partial charge in [0, 0.05) is 48.7 Å². The minimum atomic E-state index is -1.01. The molecular formula is C37H40ClFN8O4. The quantitative estimate of drug-likeness (QED) is 0.191. The number of anilines is 2. The molecule has 266 valence electrons. The lowest BCUT2D eigenvalue weighted by Crippen LogP contribution is -2.45. The lowest BCUT2D eigenvalue weighted by atomic mass is 9.90. The van der Waals surface area contributed by atoms with Gasteiger partial charge in [-0.25, -0.2) is 9.18 Å². The first-order valence-corrected chi connectivity index (χ1v) is 17.1. The molecule has 51 heavy (non-hydrogen) atoms. The van der Waals surface area contributed by atoms with Crippen molar-refractivity contribution in [1.82, 2.24) is 30.0 Å². The van der Waals surface area contributed by atoms with Crippen LogP contribution in [0.25, 0.3) is 11.8 Å². The Kier molecular flexibility index (Phi) is 10.2. The van der Waals surface area contributed by atoms with Gasteiger partial charge in [0.1, 0.15) is 18.0 Å². The largest absolute Gasteiger partial charge is 0.456 e. The van der Waals surface area contributed by atoms with Gasteiger partial charge in [0.2, 0.25) is 5.91 Å². The van der Waals surface area contributed by atoms with E-state index >= 15 is 4.39 Å². The van der Waals surface area contributed by atoms with E-state index < -0.39 is 35.2 Å². The molecule has 3 aromatic carbocycles. The van der Waals surface area contributed by atoms with Gasteiger partial charge in [-0.2, -0.15) is 4.68 Å². The number of nitrogens with one attached hydrogen (secondary N) is 1. The second-order valence-electron chi connectivity index (χ2n) is 13.8. The van der Waals surface area contributed by atoms with Crippen LogP contribution in [0.3, 0.4) is 0 Å². The predicted octanol–water partition coefficient (Wildman–Crippen LogP) is 5.33. The topological polar surface area (TPSA) is 126 Å². The van der Waals surface area contributed by atoms with Gasteiger partial charge in [-0.05, 0) is 118 Å². The lowest BCUT2D eigenvalue weighted by molar-refractivity contribution is -0.135. The fourth-order valence-corrected chi connectivity index (χ4v) is 6.69. The molecule has 12 nitrogen and oxygen atoms in total. The van der Waals surface area contributed by atoms with Crippen LogP contribution in [0.1, 0.15) is 60.3 Å². The molecule has 2 aliphatic rings. The first-order chi connectivity index (χ1) is 24.3. The number of ether oxygens (including phenoxy) is 1. The van der Waals surface area contributed by atoms with E-state index in [2.05, 4.69) is 50.8 Å². The Labute approximate surface area is 300 Å². The van der Waals surface area contributed by atoms with Crippen molar-refractivity contribution in [3.05, 3.63) is 100 Å². The Balaban J connectivity index is 1.33. The molecule has 2 aliphatic heterocycles. The summed E-state index contributed by atoms with van der Waals surface area (Å²) in [5.41, 5.74) is 3.19. The SMILES string of the molecule is CN(C)C1CCN(c2cccc3c2CCN(C(=O)C=Cc2c(-n4cnnn4)ccc(Cl)c2F)C3C(=O)Nc2ccc(C(=O)OC(C)(C)C)cc2)C1. The van der Waals surface area contributed by atoms with Gasteiger partial charge in [-0.15, -0.1) is 5.10 Å². The van der Waals surface area contributed by atoms with Gasteiger partial charge in [-0.3, -0.25) is 9.59 Å². The molecule has 0 radical (unpaired) electrons. The number of hydrogen-bond acceptors (Lipinski definition) is 9. The molecule has 0 aliphatic carbocycles. The Morgan fingerprint density at radius 2 is 1.80 bits per heavy atom. The number of likely N-dealkylation sites (N-methyl/N-ethyl adjacent to an activating group) is 1. The Bertz CT molecular complexity index is 1960.